The molecule has 1 atom stereocenters. The average Bonchev–Trinajstić information content (AvgIpc) is 3.10. The Morgan fingerprint density at radius 1 is 1.35 bits per heavy atom. The molecule has 17 heavy (non-hydrogen) atoms. The molecule has 0 spiro atoms. The molecule has 3 rings (SSSR count). The van der Waals surface area contributed by atoms with Gasteiger partial charge >= 0.3 is 0 Å². The van der Waals surface area contributed by atoms with Gasteiger partial charge in [-0.1, -0.05) is 0 Å². The van der Waals surface area contributed by atoms with Gasteiger partial charge in [-0.05, 0) is 25.0 Å². The van der Waals surface area contributed by atoms with E-state index in [0.717, 1.165) is 18.5 Å². The van der Waals surface area contributed by atoms with Crippen LogP contribution in [0.25, 0.3) is 0 Å². The average molecular weight is 231 g/mol. The molecule has 1 saturated heterocycles. The summed E-state index contributed by atoms with van der Waals surface area (Å²) in [5.74, 6) is -0.153. The molecular formula is C12H13N3O2. The van der Waals surface area contributed by atoms with Crippen molar-refractivity contribution < 1.29 is 9.59 Å². The Balaban J connectivity index is 1.73. The molecule has 88 valence electrons. The molecule has 0 aromatic carbocycles. The molecule has 1 aromatic heterocycles. The Morgan fingerprint density at radius 2 is 2.18 bits per heavy atom. The van der Waals surface area contributed by atoms with Crippen LogP contribution in [0.4, 0.5) is 5.69 Å². The van der Waals surface area contributed by atoms with Crippen LogP contribution in [0.3, 0.4) is 0 Å². The van der Waals surface area contributed by atoms with Crippen LogP contribution in [-0.4, -0.2) is 33.8 Å². The van der Waals surface area contributed by atoms with Gasteiger partial charge in [0.15, 0.2) is 0 Å². The number of aromatic nitrogens is 1. The number of rotatable bonds is 3. The molecular weight excluding hydrogens is 218 g/mol. The number of carbonyl (C=O) groups is 2. The summed E-state index contributed by atoms with van der Waals surface area (Å²) < 4.78 is 0. The van der Waals surface area contributed by atoms with E-state index in [1.807, 2.05) is 6.07 Å². The van der Waals surface area contributed by atoms with Crippen molar-refractivity contribution in [2.24, 2.45) is 0 Å². The van der Waals surface area contributed by atoms with Crippen LogP contribution in [0, 0.1) is 0 Å². The van der Waals surface area contributed by atoms with Crippen LogP contribution in [0.1, 0.15) is 19.3 Å². The monoisotopic (exact) mass is 231 g/mol. The second-order valence-corrected chi connectivity index (χ2v) is 4.48. The summed E-state index contributed by atoms with van der Waals surface area (Å²) in [6.07, 6.45) is 5.49. The normalized spacial score (nSPS) is 24.2. The van der Waals surface area contributed by atoms with Crippen LogP contribution in [0.5, 0.6) is 0 Å². The van der Waals surface area contributed by atoms with Crippen molar-refractivity contribution in [1.29, 1.82) is 0 Å². The number of hydrogen-bond donors (Lipinski definition) is 1. The zero-order valence-electron chi connectivity index (χ0n) is 9.30. The van der Waals surface area contributed by atoms with Gasteiger partial charge in [0.05, 0.1) is 12.1 Å². The minimum absolute atomic E-state index is 0.0566. The summed E-state index contributed by atoms with van der Waals surface area (Å²) in [4.78, 5) is 29.1. The first kappa shape index (κ1) is 10.3. The zero-order valence-corrected chi connectivity index (χ0v) is 9.30. The smallest absolute Gasteiger partial charge is 0.252 e. The molecule has 1 aliphatic heterocycles. The zero-order chi connectivity index (χ0) is 11.8. The first-order chi connectivity index (χ1) is 8.25. The maximum atomic E-state index is 12.0. The van der Waals surface area contributed by atoms with E-state index < -0.39 is 6.04 Å². The van der Waals surface area contributed by atoms with E-state index in [-0.39, 0.29) is 24.3 Å². The van der Waals surface area contributed by atoms with Crippen LogP contribution in [0.15, 0.2) is 24.5 Å². The van der Waals surface area contributed by atoms with E-state index in [9.17, 15) is 9.59 Å². The van der Waals surface area contributed by atoms with E-state index in [1.165, 1.54) is 4.90 Å². The number of pyridine rings is 1. The van der Waals surface area contributed by atoms with Gasteiger partial charge in [0, 0.05) is 18.4 Å². The van der Waals surface area contributed by atoms with E-state index >= 15 is 0 Å². The Morgan fingerprint density at radius 3 is 2.82 bits per heavy atom. The minimum Gasteiger partial charge on any atom is -0.372 e. The summed E-state index contributed by atoms with van der Waals surface area (Å²) in [6, 6.07) is 3.37. The fourth-order valence-electron chi connectivity index (χ4n) is 2.13. The van der Waals surface area contributed by atoms with E-state index in [4.69, 9.17) is 0 Å². The number of carbonyl (C=O) groups excluding carboxylic acids is 2. The fourth-order valence-corrected chi connectivity index (χ4v) is 2.13. The van der Waals surface area contributed by atoms with Crippen molar-refractivity contribution in [1.82, 2.24) is 9.88 Å². The lowest BCUT2D eigenvalue weighted by molar-refractivity contribution is -0.139. The van der Waals surface area contributed by atoms with Crippen molar-refractivity contribution in [2.75, 3.05) is 5.32 Å². The molecule has 5 heteroatoms. The van der Waals surface area contributed by atoms with Crippen molar-refractivity contribution in [3.05, 3.63) is 24.5 Å². The van der Waals surface area contributed by atoms with Gasteiger partial charge in [-0.2, -0.15) is 0 Å². The number of hydrogen-bond acceptors (Lipinski definition) is 4. The molecule has 1 aliphatic carbocycles. The lowest BCUT2D eigenvalue weighted by Gasteiger charge is -2.14. The number of anilines is 1. The van der Waals surface area contributed by atoms with Gasteiger partial charge in [0.1, 0.15) is 6.04 Å². The Labute approximate surface area is 98.8 Å². The van der Waals surface area contributed by atoms with Gasteiger partial charge in [-0.3, -0.25) is 19.5 Å². The number of amides is 2. The van der Waals surface area contributed by atoms with Gasteiger partial charge in [-0.15, -0.1) is 0 Å². The molecule has 0 radical (unpaired) electrons. The highest BCUT2D eigenvalue weighted by atomic mass is 16.2. The summed E-state index contributed by atoms with van der Waals surface area (Å²) in [5.41, 5.74) is 0.774. The Hall–Kier alpha value is -1.91. The predicted octanol–water partition coefficient (Wildman–Crippen LogP) is 0.783. The molecule has 2 fully saturated rings. The maximum Gasteiger partial charge on any atom is 0.252 e. The first-order valence-electron chi connectivity index (χ1n) is 5.78. The summed E-state index contributed by atoms with van der Waals surface area (Å²) >= 11 is 0. The number of nitrogens with one attached hydrogen (secondary N) is 1. The molecule has 2 aliphatic rings. The van der Waals surface area contributed by atoms with Crippen molar-refractivity contribution in [3.8, 4) is 0 Å². The number of imide groups is 1. The SMILES string of the molecule is O=C1CC(Nc2cccnc2)C(=O)N1C1CC1. The lowest BCUT2D eigenvalue weighted by atomic mass is 10.2. The molecule has 1 saturated carbocycles. The number of likely N-dealkylation sites (tertiary alicyclic amines) is 1. The third-order valence-corrected chi connectivity index (χ3v) is 3.10. The first-order valence-corrected chi connectivity index (χ1v) is 5.78. The van der Waals surface area contributed by atoms with Crippen LogP contribution in [-0.2, 0) is 9.59 Å². The van der Waals surface area contributed by atoms with Crippen LogP contribution < -0.4 is 5.32 Å². The van der Waals surface area contributed by atoms with Crippen molar-refractivity contribution in [3.63, 3.8) is 0 Å². The third-order valence-electron chi connectivity index (χ3n) is 3.10. The maximum absolute atomic E-state index is 12.0. The molecule has 1 aromatic rings. The standard InChI is InChI=1S/C12H13N3O2/c16-11-6-10(12(17)15(11)9-3-4-9)14-8-2-1-5-13-7-8/h1-2,5,7,9-10,14H,3-4,6H2. The topological polar surface area (TPSA) is 62.3 Å². The highest BCUT2D eigenvalue weighted by Crippen LogP contribution is 2.32. The van der Waals surface area contributed by atoms with E-state index in [2.05, 4.69) is 10.3 Å². The van der Waals surface area contributed by atoms with Gasteiger partial charge < -0.3 is 5.32 Å². The molecule has 1 unspecified atom stereocenters. The summed E-state index contributed by atoms with van der Waals surface area (Å²) in [7, 11) is 0. The largest absolute Gasteiger partial charge is 0.372 e. The van der Waals surface area contributed by atoms with Gasteiger partial charge in [0.25, 0.3) is 5.91 Å². The van der Waals surface area contributed by atoms with Gasteiger partial charge in [-0.25, -0.2) is 0 Å². The highest BCUT2D eigenvalue weighted by Gasteiger charge is 2.46. The second-order valence-electron chi connectivity index (χ2n) is 4.48. The van der Waals surface area contributed by atoms with Crippen molar-refractivity contribution >= 4 is 17.5 Å². The summed E-state index contributed by atoms with van der Waals surface area (Å²) in [5, 5.41) is 3.06. The molecule has 2 heterocycles. The third kappa shape index (κ3) is 1.88. The number of nitrogens with zero attached hydrogens (tertiary/aromatic N) is 2. The lowest BCUT2D eigenvalue weighted by Crippen LogP contribution is -2.36. The summed E-state index contributed by atoms with van der Waals surface area (Å²) in [6.45, 7) is 0. The van der Waals surface area contributed by atoms with Crippen molar-refractivity contribution in [2.45, 2.75) is 31.3 Å². The molecule has 5 nitrogen and oxygen atoms in total. The van der Waals surface area contributed by atoms with E-state index in [1.54, 1.807) is 18.5 Å². The Kier molecular flexibility index (Phi) is 2.31. The van der Waals surface area contributed by atoms with Crippen LogP contribution in [0.2, 0.25) is 0 Å². The minimum atomic E-state index is -0.424. The highest BCUT2D eigenvalue weighted by molar-refractivity contribution is 6.07. The Bertz CT molecular complexity index is 456. The molecule has 1 N–H and O–H groups in total. The van der Waals surface area contributed by atoms with Gasteiger partial charge in [0.2, 0.25) is 5.91 Å². The quantitative estimate of drug-likeness (QED) is 0.781. The predicted molar refractivity (Wildman–Crippen MR) is 61.1 cm³/mol. The molecule has 0 bridgehead atoms. The second kappa shape index (κ2) is 3.84. The van der Waals surface area contributed by atoms with E-state index in [0.29, 0.717) is 0 Å². The fraction of sp³-hybridized carbons (Fsp3) is 0.417. The molecule has 2 amide bonds. The van der Waals surface area contributed by atoms with Crippen LogP contribution >= 0.6 is 0 Å².